The highest BCUT2D eigenvalue weighted by Gasteiger charge is 2.34. The highest BCUT2D eigenvalue weighted by atomic mass is 32.2. The highest BCUT2D eigenvalue weighted by molar-refractivity contribution is 7.98. The Morgan fingerprint density at radius 2 is 2.19 bits per heavy atom. The lowest BCUT2D eigenvalue weighted by atomic mass is 9.99. The van der Waals surface area contributed by atoms with Gasteiger partial charge in [0.2, 0.25) is 5.91 Å². The first-order chi connectivity index (χ1) is 12.4. The van der Waals surface area contributed by atoms with Crippen LogP contribution < -0.4 is 5.32 Å². The van der Waals surface area contributed by atoms with E-state index in [1.165, 1.54) is 27.4 Å². The minimum atomic E-state index is -3.53. The zero-order chi connectivity index (χ0) is 18.7. The van der Waals surface area contributed by atoms with Gasteiger partial charge in [0.1, 0.15) is 4.21 Å². The summed E-state index contributed by atoms with van der Waals surface area (Å²) < 4.78 is 27.4. The van der Waals surface area contributed by atoms with Crippen molar-refractivity contribution in [2.75, 3.05) is 24.7 Å². The Morgan fingerprint density at radius 3 is 2.88 bits per heavy atom. The summed E-state index contributed by atoms with van der Waals surface area (Å²) in [5, 5.41) is 3.71. The standard InChI is InChI=1S/C17H21N3O3S3/c1-12-5-6-16(25-12)26(22,23)20-9-3-4-13(11-20)17(21)19-14-7-8-18-15(10-14)24-2/h5-8,10,13H,3-4,9,11H2,1-2H3,(H,18,19,21)/t13-/m0/s1. The first-order valence-electron chi connectivity index (χ1n) is 8.27. The number of amides is 1. The fraction of sp³-hybridized carbons (Fsp3) is 0.412. The largest absolute Gasteiger partial charge is 0.326 e. The molecule has 1 atom stereocenters. The maximum Gasteiger partial charge on any atom is 0.252 e. The van der Waals surface area contributed by atoms with E-state index in [2.05, 4.69) is 10.3 Å². The summed E-state index contributed by atoms with van der Waals surface area (Å²) in [7, 11) is -3.53. The van der Waals surface area contributed by atoms with Crippen molar-refractivity contribution in [3.05, 3.63) is 35.3 Å². The van der Waals surface area contributed by atoms with Gasteiger partial charge in [-0.3, -0.25) is 4.79 Å². The number of rotatable bonds is 5. The molecule has 26 heavy (non-hydrogen) atoms. The molecule has 1 fully saturated rings. The van der Waals surface area contributed by atoms with Gasteiger partial charge in [-0.15, -0.1) is 23.1 Å². The third-order valence-corrected chi connectivity index (χ3v) is 8.25. The maximum absolute atomic E-state index is 12.8. The van der Waals surface area contributed by atoms with Crippen molar-refractivity contribution >= 4 is 44.7 Å². The quantitative estimate of drug-likeness (QED) is 0.764. The molecule has 6 nitrogen and oxygen atoms in total. The van der Waals surface area contributed by atoms with Gasteiger partial charge >= 0.3 is 0 Å². The molecule has 0 saturated carbocycles. The number of nitrogens with one attached hydrogen (secondary N) is 1. The number of aryl methyl sites for hydroxylation is 1. The van der Waals surface area contributed by atoms with Crippen molar-refractivity contribution in [3.8, 4) is 0 Å². The van der Waals surface area contributed by atoms with E-state index < -0.39 is 10.0 Å². The van der Waals surface area contributed by atoms with Gasteiger partial charge < -0.3 is 5.32 Å². The van der Waals surface area contributed by atoms with Crippen LogP contribution in [0.3, 0.4) is 0 Å². The van der Waals surface area contributed by atoms with Gasteiger partial charge in [-0.2, -0.15) is 4.31 Å². The fourth-order valence-electron chi connectivity index (χ4n) is 2.90. The van der Waals surface area contributed by atoms with Crippen molar-refractivity contribution in [1.29, 1.82) is 0 Å². The SMILES string of the molecule is CSc1cc(NC(=O)[C@H]2CCCN(S(=O)(=O)c3ccc(C)s3)C2)ccn1. The summed E-state index contributed by atoms with van der Waals surface area (Å²) in [5.41, 5.74) is 0.684. The molecule has 9 heteroatoms. The molecule has 2 aromatic heterocycles. The Kier molecular flexibility index (Phi) is 6.01. The number of anilines is 1. The number of carbonyl (C=O) groups is 1. The molecule has 3 heterocycles. The fourth-order valence-corrected chi connectivity index (χ4v) is 6.27. The molecule has 140 valence electrons. The smallest absolute Gasteiger partial charge is 0.252 e. The summed E-state index contributed by atoms with van der Waals surface area (Å²) in [6.07, 6.45) is 4.93. The highest BCUT2D eigenvalue weighted by Crippen LogP contribution is 2.28. The molecule has 1 N–H and O–H groups in total. The zero-order valence-corrected chi connectivity index (χ0v) is 17.1. The van der Waals surface area contributed by atoms with E-state index >= 15 is 0 Å². The van der Waals surface area contributed by atoms with Crippen molar-refractivity contribution < 1.29 is 13.2 Å². The van der Waals surface area contributed by atoms with Crippen molar-refractivity contribution in [2.24, 2.45) is 5.92 Å². The van der Waals surface area contributed by atoms with Gasteiger partial charge in [-0.1, -0.05) is 0 Å². The zero-order valence-electron chi connectivity index (χ0n) is 14.6. The number of thioether (sulfide) groups is 1. The van der Waals surface area contributed by atoms with Gasteiger partial charge in [-0.05, 0) is 50.3 Å². The molecule has 3 rings (SSSR count). The van der Waals surface area contributed by atoms with E-state index in [9.17, 15) is 13.2 Å². The van der Waals surface area contributed by atoms with Crippen molar-refractivity contribution in [2.45, 2.75) is 29.0 Å². The topological polar surface area (TPSA) is 79.4 Å². The Morgan fingerprint density at radius 1 is 1.38 bits per heavy atom. The van der Waals surface area contributed by atoms with Crippen LogP contribution in [0.5, 0.6) is 0 Å². The molecular weight excluding hydrogens is 390 g/mol. The van der Waals surface area contributed by atoms with Crippen LogP contribution in [0.15, 0.2) is 39.7 Å². The lowest BCUT2D eigenvalue weighted by Crippen LogP contribution is -2.43. The van der Waals surface area contributed by atoms with Crippen LogP contribution in [0.25, 0.3) is 0 Å². The molecule has 0 spiro atoms. The van der Waals surface area contributed by atoms with Gasteiger partial charge in [-0.25, -0.2) is 13.4 Å². The van der Waals surface area contributed by atoms with Crippen LogP contribution in [-0.4, -0.2) is 43.0 Å². The first-order valence-corrected chi connectivity index (χ1v) is 11.8. The predicted octanol–water partition coefficient (Wildman–Crippen LogP) is 3.21. The number of aromatic nitrogens is 1. The minimum Gasteiger partial charge on any atom is -0.326 e. The van der Waals surface area contributed by atoms with Gasteiger partial charge in [0, 0.05) is 29.9 Å². The summed E-state index contributed by atoms with van der Waals surface area (Å²) in [5.74, 6) is -0.504. The van der Waals surface area contributed by atoms with Crippen LogP contribution in [0, 0.1) is 12.8 Å². The number of piperidine rings is 1. The van der Waals surface area contributed by atoms with Crippen LogP contribution >= 0.6 is 23.1 Å². The molecule has 1 aliphatic rings. The summed E-state index contributed by atoms with van der Waals surface area (Å²) >= 11 is 2.77. The molecule has 2 aromatic rings. The minimum absolute atomic E-state index is 0.148. The number of nitrogens with zero attached hydrogens (tertiary/aromatic N) is 2. The van der Waals surface area contributed by atoms with E-state index in [0.717, 1.165) is 9.90 Å². The second kappa shape index (κ2) is 8.08. The number of sulfonamides is 1. The Hall–Kier alpha value is -1.42. The predicted molar refractivity (Wildman–Crippen MR) is 105 cm³/mol. The normalized spacial score (nSPS) is 18.6. The van der Waals surface area contributed by atoms with E-state index in [-0.39, 0.29) is 18.4 Å². The van der Waals surface area contributed by atoms with Crippen molar-refractivity contribution in [3.63, 3.8) is 0 Å². The molecule has 1 aliphatic heterocycles. The van der Waals surface area contributed by atoms with E-state index in [1.54, 1.807) is 24.4 Å². The number of hydrogen-bond acceptors (Lipinski definition) is 6. The number of pyridine rings is 1. The molecular formula is C17H21N3O3S3. The molecule has 0 bridgehead atoms. The second-order valence-electron chi connectivity index (χ2n) is 6.14. The van der Waals surface area contributed by atoms with Crippen LogP contribution in [-0.2, 0) is 14.8 Å². The molecule has 1 saturated heterocycles. The van der Waals surface area contributed by atoms with E-state index in [0.29, 0.717) is 29.3 Å². The molecule has 0 aromatic carbocycles. The molecule has 0 radical (unpaired) electrons. The average molecular weight is 412 g/mol. The lowest BCUT2D eigenvalue weighted by Gasteiger charge is -2.30. The molecule has 1 amide bonds. The number of thiophene rings is 1. The van der Waals surface area contributed by atoms with E-state index in [4.69, 9.17) is 0 Å². The summed E-state index contributed by atoms with van der Waals surface area (Å²) in [6.45, 7) is 2.55. The van der Waals surface area contributed by atoms with Crippen LogP contribution in [0.4, 0.5) is 5.69 Å². The molecule has 0 aliphatic carbocycles. The Balaban J connectivity index is 1.70. The third-order valence-electron chi connectivity index (χ3n) is 4.28. The van der Waals surface area contributed by atoms with E-state index in [1.807, 2.05) is 19.2 Å². The van der Waals surface area contributed by atoms with Crippen LogP contribution in [0.2, 0.25) is 0 Å². The van der Waals surface area contributed by atoms with Crippen molar-refractivity contribution in [1.82, 2.24) is 9.29 Å². The molecule has 0 unspecified atom stereocenters. The summed E-state index contributed by atoms with van der Waals surface area (Å²) in [6, 6.07) is 7.00. The second-order valence-corrected chi connectivity index (χ2v) is 10.4. The number of hydrogen-bond donors (Lipinski definition) is 1. The lowest BCUT2D eigenvalue weighted by molar-refractivity contribution is -0.120. The summed E-state index contributed by atoms with van der Waals surface area (Å²) in [4.78, 5) is 17.8. The van der Waals surface area contributed by atoms with Crippen LogP contribution in [0.1, 0.15) is 17.7 Å². The Labute approximate surface area is 162 Å². The number of carbonyl (C=O) groups excluding carboxylic acids is 1. The van der Waals surface area contributed by atoms with Gasteiger partial charge in [0.05, 0.1) is 10.9 Å². The van der Waals surface area contributed by atoms with Gasteiger partial charge in [0.25, 0.3) is 10.0 Å². The van der Waals surface area contributed by atoms with Gasteiger partial charge in [0.15, 0.2) is 0 Å². The Bertz CT molecular complexity index is 895. The maximum atomic E-state index is 12.8. The first kappa shape index (κ1) is 19.3. The average Bonchev–Trinajstić information content (AvgIpc) is 3.09. The monoisotopic (exact) mass is 411 g/mol. The third kappa shape index (κ3) is 4.28.